The van der Waals surface area contributed by atoms with Gasteiger partial charge < -0.3 is 4.90 Å². The normalized spacial score (nSPS) is 13.4. The van der Waals surface area contributed by atoms with E-state index in [1.54, 1.807) is 35.2 Å². The van der Waals surface area contributed by atoms with Gasteiger partial charge in [0, 0.05) is 23.2 Å². The van der Waals surface area contributed by atoms with Crippen LogP contribution in [0.1, 0.15) is 11.1 Å². The Hall–Kier alpha value is -2.48. The fourth-order valence-corrected chi connectivity index (χ4v) is 5.61. The third-order valence-electron chi connectivity index (χ3n) is 5.42. The number of benzene rings is 3. The molecule has 5 nitrogen and oxygen atoms in total. The van der Waals surface area contributed by atoms with Crippen LogP contribution >= 0.6 is 15.9 Å². The lowest BCUT2D eigenvalue weighted by atomic mass is 10.1. The smallest absolute Gasteiger partial charge is 0.243 e. The predicted molar refractivity (Wildman–Crippen MR) is 126 cm³/mol. The van der Waals surface area contributed by atoms with Gasteiger partial charge in [-0.15, -0.1) is 0 Å². The average molecular weight is 499 g/mol. The van der Waals surface area contributed by atoms with Gasteiger partial charge in [-0.25, -0.2) is 8.42 Å². The number of rotatable bonds is 7. The Kier molecular flexibility index (Phi) is 6.55. The molecule has 31 heavy (non-hydrogen) atoms. The Morgan fingerprint density at radius 3 is 2.35 bits per heavy atom. The molecule has 7 heteroatoms. The summed E-state index contributed by atoms with van der Waals surface area (Å²) in [6.07, 6.45) is 1.29. The van der Waals surface area contributed by atoms with Crippen LogP contribution in [0, 0.1) is 0 Å². The highest BCUT2D eigenvalue weighted by atomic mass is 79.9. The van der Waals surface area contributed by atoms with E-state index in [9.17, 15) is 13.2 Å². The van der Waals surface area contributed by atoms with Gasteiger partial charge in [-0.05, 0) is 54.3 Å². The van der Waals surface area contributed by atoms with Crippen LogP contribution in [0.3, 0.4) is 0 Å². The van der Waals surface area contributed by atoms with Gasteiger partial charge in [0.15, 0.2) is 0 Å². The van der Waals surface area contributed by atoms with Crippen LogP contribution in [-0.2, 0) is 27.7 Å². The summed E-state index contributed by atoms with van der Waals surface area (Å²) in [5, 5.41) is 0. The number of carbonyl (C=O) groups excluding carboxylic acids is 1. The molecule has 4 rings (SSSR count). The lowest BCUT2D eigenvalue weighted by molar-refractivity contribution is -0.118. The van der Waals surface area contributed by atoms with Gasteiger partial charge in [-0.1, -0.05) is 64.5 Å². The van der Waals surface area contributed by atoms with E-state index in [0.29, 0.717) is 13.0 Å². The lowest BCUT2D eigenvalue weighted by Crippen LogP contribution is -2.43. The quantitative estimate of drug-likeness (QED) is 0.488. The highest BCUT2D eigenvalue weighted by molar-refractivity contribution is 9.10. The number of carbonyl (C=O) groups is 1. The number of amides is 1. The molecule has 1 aliphatic heterocycles. The van der Waals surface area contributed by atoms with Crippen LogP contribution in [0.15, 0.2) is 88.2 Å². The summed E-state index contributed by atoms with van der Waals surface area (Å²) in [5.41, 5.74) is 2.97. The first-order valence-corrected chi connectivity index (χ1v) is 12.4. The maximum Gasteiger partial charge on any atom is 0.243 e. The van der Waals surface area contributed by atoms with Gasteiger partial charge in [0.2, 0.25) is 15.9 Å². The van der Waals surface area contributed by atoms with Crippen molar-refractivity contribution >= 4 is 37.5 Å². The number of hydrogen-bond donors (Lipinski definition) is 0. The summed E-state index contributed by atoms with van der Waals surface area (Å²) in [7, 11) is -3.80. The Morgan fingerprint density at radius 2 is 1.65 bits per heavy atom. The molecule has 0 aromatic heterocycles. The van der Waals surface area contributed by atoms with Crippen molar-refractivity contribution < 1.29 is 13.2 Å². The zero-order valence-electron chi connectivity index (χ0n) is 16.9. The number of anilines is 1. The third-order valence-corrected chi connectivity index (χ3v) is 7.78. The van der Waals surface area contributed by atoms with E-state index in [1.807, 2.05) is 48.5 Å². The molecule has 0 fully saturated rings. The van der Waals surface area contributed by atoms with Crippen LogP contribution in [0.5, 0.6) is 0 Å². The second kappa shape index (κ2) is 9.34. The van der Waals surface area contributed by atoms with Crippen molar-refractivity contribution in [2.45, 2.75) is 17.7 Å². The summed E-state index contributed by atoms with van der Waals surface area (Å²) in [6, 6.07) is 23.8. The van der Waals surface area contributed by atoms with Crippen LogP contribution in [-0.4, -0.2) is 38.3 Å². The first kappa shape index (κ1) is 21.7. The van der Waals surface area contributed by atoms with Crippen molar-refractivity contribution in [2.24, 2.45) is 0 Å². The van der Waals surface area contributed by atoms with Crippen molar-refractivity contribution in [3.05, 3.63) is 94.5 Å². The van der Waals surface area contributed by atoms with E-state index in [0.717, 1.165) is 27.7 Å². The largest absolute Gasteiger partial charge is 0.311 e. The molecular weight excluding hydrogens is 476 g/mol. The highest BCUT2D eigenvalue weighted by Crippen LogP contribution is 2.31. The molecule has 0 unspecified atom stereocenters. The molecule has 0 saturated heterocycles. The van der Waals surface area contributed by atoms with Crippen molar-refractivity contribution in [3.8, 4) is 0 Å². The van der Waals surface area contributed by atoms with Crippen molar-refractivity contribution in [1.82, 2.24) is 4.31 Å². The molecule has 0 N–H and O–H groups in total. The summed E-state index contributed by atoms with van der Waals surface area (Å²) >= 11 is 3.47. The Morgan fingerprint density at radius 1 is 0.968 bits per heavy atom. The predicted octanol–water partition coefficient (Wildman–Crippen LogP) is 4.27. The zero-order chi connectivity index (χ0) is 21.8. The first-order chi connectivity index (χ1) is 14.9. The number of sulfonamides is 1. The van der Waals surface area contributed by atoms with Gasteiger partial charge >= 0.3 is 0 Å². The van der Waals surface area contributed by atoms with E-state index in [4.69, 9.17) is 0 Å². The van der Waals surface area contributed by atoms with E-state index in [-0.39, 0.29) is 23.9 Å². The van der Waals surface area contributed by atoms with Gasteiger partial charge in [-0.2, -0.15) is 4.31 Å². The molecule has 0 aliphatic carbocycles. The van der Waals surface area contributed by atoms with Crippen molar-refractivity contribution in [3.63, 3.8) is 0 Å². The zero-order valence-corrected chi connectivity index (χ0v) is 19.3. The summed E-state index contributed by atoms with van der Waals surface area (Å²) < 4.78 is 29.0. The monoisotopic (exact) mass is 498 g/mol. The van der Waals surface area contributed by atoms with Crippen LogP contribution in [0.2, 0.25) is 0 Å². The van der Waals surface area contributed by atoms with Crippen LogP contribution in [0.4, 0.5) is 5.69 Å². The van der Waals surface area contributed by atoms with Gasteiger partial charge in [0.05, 0.1) is 11.4 Å². The summed E-state index contributed by atoms with van der Waals surface area (Å²) in [5.74, 6) is -0.214. The molecule has 1 amide bonds. The lowest BCUT2D eigenvalue weighted by Gasteiger charge is -2.25. The SMILES string of the molecule is O=C(CN(CCc1ccccc1)S(=O)(=O)c1ccccc1)N1CCc2cc(Br)ccc21. The molecule has 0 spiro atoms. The van der Waals surface area contributed by atoms with Crippen molar-refractivity contribution in [1.29, 1.82) is 0 Å². The van der Waals surface area contributed by atoms with Gasteiger partial charge in [0.1, 0.15) is 0 Å². The fraction of sp³-hybridized carbons (Fsp3) is 0.208. The Labute approximate surface area is 191 Å². The van der Waals surface area contributed by atoms with Gasteiger partial charge in [-0.3, -0.25) is 4.79 Å². The maximum absolute atomic E-state index is 13.3. The topological polar surface area (TPSA) is 57.7 Å². The molecule has 3 aromatic carbocycles. The van der Waals surface area contributed by atoms with Crippen molar-refractivity contribution in [2.75, 3.05) is 24.5 Å². The molecule has 0 saturated carbocycles. The molecule has 160 valence electrons. The second-order valence-electron chi connectivity index (χ2n) is 7.46. The third kappa shape index (κ3) is 4.89. The minimum absolute atomic E-state index is 0.195. The minimum Gasteiger partial charge on any atom is -0.311 e. The number of fused-ring (bicyclic) bond motifs is 1. The van der Waals surface area contributed by atoms with Crippen LogP contribution in [0.25, 0.3) is 0 Å². The maximum atomic E-state index is 13.3. The van der Waals surface area contributed by atoms with Crippen LogP contribution < -0.4 is 4.90 Å². The number of halogens is 1. The molecule has 0 atom stereocenters. The first-order valence-electron chi connectivity index (χ1n) is 10.1. The van der Waals surface area contributed by atoms with Gasteiger partial charge in [0.25, 0.3) is 0 Å². The summed E-state index contributed by atoms with van der Waals surface area (Å²) in [4.78, 5) is 15.1. The molecule has 1 aliphatic rings. The Bertz CT molecular complexity index is 1170. The Balaban J connectivity index is 1.58. The second-order valence-corrected chi connectivity index (χ2v) is 10.3. The standard InChI is InChI=1S/C24H23BrN2O3S/c25-21-11-12-23-20(17-21)14-16-27(23)24(28)18-26(15-13-19-7-3-1-4-8-19)31(29,30)22-9-5-2-6-10-22/h1-12,17H,13-16,18H2. The molecule has 3 aromatic rings. The molecule has 0 radical (unpaired) electrons. The minimum atomic E-state index is -3.80. The molecule has 1 heterocycles. The number of hydrogen-bond acceptors (Lipinski definition) is 3. The summed E-state index contributed by atoms with van der Waals surface area (Å²) in [6.45, 7) is 0.593. The highest BCUT2D eigenvalue weighted by Gasteiger charge is 2.31. The van der Waals surface area contributed by atoms with E-state index in [2.05, 4.69) is 15.9 Å². The van der Waals surface area contributed by atoms with E-state index < -0.39 is 10.0 Å². The average Bonchev–Trinajstić information content (AvgIpc) is 3.20. The molecular formula is C24H23BrN2O3S. The number of nitrogens with zero attached hydrogens (tertiary/aromatic N) is 2. The van der Waals surface area contributed by atoms with E-state index in [1.165, 1.54) is 4.31 Å². The molecule has 0 bridgehead atoms. The fourth-order valence-electron chi connectivity index (χ4n) is 3.79. The van der Waals surface area contributed by atoms with E-state index >= 15 is 0 Å².